The van der Waals surface area contributed by atoms with Crippen LogP contribution in [0.5, 0.6) is 17.2 Å². The van der Waals surface area contributed by atoms with Crippen molar-refractivity contribution >= 4 is 11.9 Å². The minimum atomic E-state index is -0.977. The Morgan fingerprint density at radius 1 is 0.815 bits per heavy atom. The molecule has 6 nitrogen and oxygen atoms in total. The molecule has 0 spiro atoms. The molecule has 0 aliphatic heterocycles. The minimum absolute atomic E-state index is 0.0627. The van der Waals surface area contributed by atoms with Crippen LogP contribution in [-0.2, 0) is 0 Å². The normalized spacial score (nSPS) is 10.3. The lowest BCUT2D eigenvalue weighted by Crippen LogP contribution is -2.08. The Kier molecular flexibility index (Phi) is 5.08. The van der Waals surface area contributed by atoms with Crippen molar-refractivity contribution < 1.29 is 29.3 Å². The number of carbonyl (C=O) groups excluding carboxylic acids is 1. The van der Waals surface area contributed by atoms with Crippen LogP contribution in [0, 0.1) is 0 Å². The van der Waals surface area contributed by atoms with E-state index < -0.39 is 11.9 Å². The first kappa shape index (κ1) is 18.0. The van der Waals surface area contributed by atoms with Crippen LogP contribution in [-0.4, -0.2) is 29.3 Å². The first-order valence-electron chi connectivity index (χ1n) is 8.01. The number of benzene rings is 3. The number of aromatic hydroxyl groups is 1. The first-order valence-corrected chi connectivity index (χ1v) is 8.01. The van der Waals surface area contributed by atoms with Gasteiger partial charge in [-0.1, -0.05) is 24.3 Å². The van der Waals surface area contributed by atoms with Crippen molar-refractivity contribution in [2.75, 3.05) is 7.11 Å². The van der Waals surface area contributed by atoms with Crippen molar-refractivity contribution in [1.82, 2.24) is 0 Å². The highest BCUT2D eigenvalue weighted by Crippen LogP contribution is 2.27. The monoisotopic (exact) mass is 364 g/mol. The molecule has 136 valence electrons. The number of aromatic carboxylic acids is 1. The summed E-state index contributed by atoms with van der Waals surface area (Å²) in [5, 5.41) is 18.5. The van der Waals surface area contributed by atoms with E-state index in [0.29, 0.717) is 5.75 Å². The fraction of sp³-hybridized carbons (Fsp3) is 0.0476. The number of ether oxygens (including phenoxy) is 2. The number of hydrogen-bond donors (Lipinski definition) is 2. The molecule has 27 heavy (non-hydrogen) atoms. The van der Waals surface area contributed by atoms with Crippen LogP contribution in [0.25, 0.3) is 11.1 Å². The molecule has 0 bridgehead atoms. The zero-order chi connectivity index (χ0) is 19.4. The van der Waals surface area contributed by atoms with Gasteiger partial charge < -0.3 is 19.7 Å². The molecule has 0 aliphatic carbocycles. The first-order chi connectivity index (χ1) is 13.0. The van der Waals surface area contributed by atoms with Crippen molar-refractivity contribution in [2.45, 2.75) is 0 Å². The van der Waals surface area contributed by atoms with E-state index in [1.54, 1.807) is 36.4 Å². The van der Waals surface area contributed by atoms with E-state index >= 15 is 0 Å². The molecule has 0 saturated carbocycles. The predicted octanol–water partition coefficient (Wildman–Crippen LogP) is 3.99. The van der Waals surface area contributed by atoms with E-state index in [4.69, 9.17) is 14.6 Å². The van der Waals surface area contributed by atoms with Crippen molar-refractivity contribution in [3.05, 3.63) is 77.9 Å². The number of phenolic OH excluding ortho intramolecular Hbond substituents is 1. The molecular formula is C21H16O6. The SMILES string of the molecule is COc1cc(C(=O)Oc2ccc(-c3ccc(C(=O)O)cc3)cc2)ccc1O. The quantitative estimate of drug-likeness (QED) is 0.525. The summed E-state index contributed by atoms with van der Waals surface area (Å²) in [6.45, 7) is 0. The number of carbonyl (C=O) groups is 2. The van der Waals surface area contributed by atoms with Crippen LogP contribution in [0.15, 0.2) is 66.7 Å². The van der Waals surface area contributed by atoms with Gasteiger partial charge in [-0.3, -0.25) is 0 Å². The van der Waals surface area contributed by atoms with Crippen LogP contribution in [0.2, 0.25) is 0 Å². The Morgan fingerprint density at radius 3 is 1.93 bits per heavy atom. The van der Waals surface area contributed by atoms with Crippen molar-refractivity contribution in [2.24, 2.45) is 0 Å². The van der Waals surface area contributed by atoms with Gasteiger partial charge in [0.05, 0.1) is 18.2 Å². The summed E-state index contributed by atoms with van der Waals surface area (Å²) in [6.07, 6.45) is 0. The van der Waals surface area contributed by atoms with Gasteiger partial charge >= 0.3 is 11.9 Å². The second-order valence-corrected chi connectivity index (χ2v) is 5.68. The van der Waals surface area contributed by atoms with Crippen LogP contribution in [0.1, 0.15) is 20.7 Å². The molecule has 0 radical (unpaired) electrons. The molecule has 6 heteroatoms. The van der Waals surface area contributed by atoms with E-state index in [1.165, 1.54) is 37.4 Å². The fourth-order valence-electron chi connectivity index (χ4n) is 2.49. The molecular weight excluding hydrogens is 348 g/mol. The second-order valence-electron chi connectivity index (χ2n) is 5.68. The van der Waals surface area contributed by atoms with Gasteiger partial charge in [-0.25, -0.2) is 9.59 Å². The molecule has 0 aliphatic rings. The predicted molar refractivity (Wildman–Crippen MR) is 98.5 cm³/mol. The van der Waals surface area contributed by atoms with Gasteiger partial charge in [0, 0.05) is 0 Å². The summed E-state index contributed by atoms with van der Waals surface area (Å²) in [7, 11) is 1.39. The molecule has 3 rings (SSSR count). The molecule has 0 amide bonds. The molecule has 0 aromatic heterocycles. The van der Waals surface area contributed by atoms with Gasteiger partial charge in [-0.15, -0.1) is 0 Å². The molecule has 0 atom stereocenters. The standard InChI is InChI=1S/C21H16O6/c1-26-19-12-16(8-11-18(19)22)21(25)27-17-9-6-14(7-10-17)13-2-4-15(5-3-13)20(23)24/h2-12,22H,1H3,(H,23,24). The smallest absolute Gasteiger partial charge is 0.343 e. The largest absolute Gasteiger partial charge is 0.504 e. The molecule has 0 fully saturated rings. The van der Waals surface area contributed by atoms with Crippen LogP contribution in [0.3, 0.4) is 0 Å². The summed E-state index contributed by atoms with van der Waals surface area (Å²) in [6, 6.07) is 17.5. The third-order valence-corrected chi connectivity index (χ3v) is 3.95. The van der Waals surface area contributed by atoms with Crippen LogP contribution >= 0.6 is 0 Å². The Balaban J connectivity index is 1.73. The van der Waals surface area contributed by atoms with Gasteiger partial charge in [0.1, 0.15) is 5.75 Å². The topological polar surface area (TPSA) is 93.1 Å². The number of methoxy groups -OCH3 is 1. The number of rotatable bonds is 5. The lowest BCUT2D eigenvalue weighted by molar-refractivity contribution is 0.0694. The number of phenols is 1. The molecule has 0 heterocycles. The molecule has 0 unspecified atom stereocenters. The van der Waals surface area contributed by atoms with E-state index in [-0.39, 0.29) is 22.6 Å². The number of hydrogen-bond acceptors (Lipinski definition) is 5. The van der Waals surface area contributed by atoms with E-state index in [9.17, 15) is 14.7 Å². The maximum atomic E-state index is 12.2. The zero-order valence-electron chi connectivity index (χ0n) is 14.4. The number of esters is 1. The van der Waals surface area contributed by atoms with Gasteiger partial charge in [-0.05, 0) is 53.6 Å². The Labute approximate surface area is 155 Å². The minimum Gasteiger partial charge on any atom is -0.504 e. The van der Waals surface area contributed by atoms with E-state index in [1.807, 2.05) is 0 Å². The average Bonchev–Trinajstić information content (AvgIpc) is 2.69. The molecule has 2 N–H and O–H groups in total. The summed E-state index contributed by atoms with van der Waals surface area (Å²) in [5.41, 5.74) is 2.17. The summed E-state index contributed by atoms with van der Waals surface area (Å²) in [4.78, 5) is 23.1. The van der Waals surface area contributed by atoms with Gasteiger partial charge in [-0.2, -0.15) is 0 Å². The maximum Gasteiger partial charge on any atom is 0.343 e. The van der Waals surface area contributed by atoms with Crippen molar-refractivity contribution in [1.29, 1.82) is 0 Å². The Morgan fingerprint density at radius 2 is 1.37 bits per heavy atom. The third kappa shape index (κ3) is 4.07. The number of carboxylic acid groups (broad SMARTS) is 1. The molecule has 0 saturated heterocycles. The lowest BCUT2D eigenvalue weighted by Gasteiger charge is -2.08. The Bertz CT molecular complexity index is 975. The van der Waals surface area contributed by atoms with Crippen molar-refractivity contribution in [3.63, 3.8) is 0 Å². The van der Waals surface area contributed by atoms with E-state index in [2.05, 4.69) is 0 Å². The highest BCUT2D eigenvalue weighted by molar-refractivity contribution is 5.92. The third-order valence-electron chi connectivity index (χ3n) is 3.95. The highest BCUT2D eigenvalue weighted by Gasteiger charge is 2.12. The fourth-order valence-corrected chi connectivity index (χ4v) is 2.49. The Hall–Kier alpha value is -3.80. The summed E-state index contributed by atoms with van der Waals surface area (Å²) >= 11 is 0. The lowest BCUT2D eigenvalue weighted by atomic mass is 10.0. The summed E-state index contributed by atoms with van der Waals surface area (Å²) in [5.74, 6) is -1.07. The summed E-state index contributed by atoms with van der Waals surface area (Å²) < 4.78 is 10.3. The highest BCUT2D eigenvalue weighted by atomic mass is 16.5. The van der Waals surface area contributed by atoms with Crippen LogP contribution in [0.4, 0.5) is 0 Å². The van der Waals surface area contributed by atoms with Gasteiger partial charge in [0.2, 0.25) is 0 Å². The van der Waals surface area contributed by atoms with E-state index in [0.717, 1.165) is 11.1 Å². The molecule has 3 aromatic carbocycles. The average molecular weight is 364 g/mol. The van der Waals surface area contributed by atoms with Gasteiger partial charge in [0.25, 0.3) is 0 Å². The van der Waals surface area contributed by atoms with Crippen LogP contribution < -0.4 is 9.47 Å². The second kappa shape index (κ2) is 7.61. The zero-order valence-corrected chi connectivity index (χ0v) is 14.4. The number of carboxylic acids is 1. The maximum absolute atomic E-state index is 12.2. The van der Waals surface area contributed by atoms with Gasteiger partial charge in [0.15, 0.2) is 11.5 Å². The van der Waals surface area contributed by atoms with Crippen molar-refractivity contribution in [3.8, 4) is 28.4 Å². The molecule has 3 aromatic rings.